The minimum absolute atomic E-state index is 0.0689. The molecular weight excluding hydrogens is 332 g/mol. The number of hydrogen-bond donors (Lipinski definition) is 2. The molecule has 0 bridgehead atoms. The summed E-state index contributed by atoms with van der Waals surface area (Å²) in [6, 6.07) is 0. The lowest BCUT2D eigenvalue weighted by Gasteiger charge is -2.35. The number of carbonyl (C=O) groups is 1. The second kappa shape index (κ2) is 10.7. The molecule has 2 N–H and O–H groups in total. The van der Waals surface area contributed by atoms with Crippen LogP contribution >= 0.6 is 11.6 Å². The fraction of sp³-hybridized carbons (Fsp3) is 0.722. The number of rotatable bonds is 12. The van der Waals surface area contributed by atoms with Gasteiger partial charge < -0.3 is 19.7 Å². The summed E-state index contributed by atoms with van der Waals surface area (Å²) in [5.74, 6) is 0.410. The highest BCUT2D eigenvalue weighted by molar-refractivity contribution is 6.17. The van der Waals surface area contributed by atoms with Gasteiger partial charge in [0, 0.05) is 30.9 Å². The zero-order chi connectivity index (χ0) is 18.0. The van der Waals surface area contributed by atoms with Crippen LogP contribution in [0, 0.1) is 0 Å². The summed E-state index contributed by atoms with van der Waals surface area (Å²) in [5, 5.41) is 18.7. The Morgan fingerprint density at radius 3 is 2.75 bits per heavy atom. The van der Waals surface area contributed by atoms with Gasteiger partial charge in [-0.25, -0.2) is 0 Å². The van der Waals surface area contributed by atoms with Crippen molar-refractivity contribution in [1.82, 2.24) is 0 Å². The van der Waals surface area contributed by atoms with Crippen LogP contribution in [0.4, 0.5) is 0 Å². The molecular formula is C18H29ClO5. The maximum Gasteiger partial charge on any atom is 0.303 e. The molecule has 0 fully saturated rings. The smallest absolute Gasteiger partial charge is 0.303 e. The third-order valence-electron chi connectivity index (χ3n) is 3.95. The molecule has 0 aromatic rings. The van der Waals surface area contributed by atoms with E-state index in [4.69, 9.17) is 26.2 Å². The van der Waals surface area contributed by atoms with E-state index in [-0.39, 0.29) is 6.42 Å². The van der Waals surface area contributed by atoms with Crippen molar-refractivity contribution in [3.63, 3.8) is 0 Å². The quantitative estimate of drug-likeness (QED) is 0.410. The van der Waals surface area contributed by atoms with E-state index in [9.17, 15) is 9.90 Å². The largest absolute Gasteiger partial charge is 0.497 e. The van der Waals surface area contributed by atoms with Crippen LogP contribution in [-0.4, -0.2) is 47.0 Å². The Bertz CT molecular complexity index is 458. The van der Waals surface area contributed by atoms with Crippen molar-refractivity contribution in [2.75, 3.05) is 19.1 Å². The van der Waals surface area contributed by atoms with Gasteiger partial charge in [0.15, 0.2) is 0 Å². The maximum absolute atomic E-state index is 10.6. The number of aliphatic hydroxyl groups excluding tert-OH is 1. The Kier molecular flexibility index (Phi) is 9.41. The number of carboxylic acids is 1. The maximum atomic E-state index is 10.6. The van der Waals surface area contributed by atoms with Crippen LogP contribution in [0.25, 0.3) is 0 Å². The van der Waals surface area contributed by atoms with Crippen molar-refractivity contribution in [3.8, 4) is 0 Å². The van der Waals surface area contributed by atoms with Gasteiger partial charge in [0.1, 0.15) is 5.76 Å². The molecule has 0 spiro atoms. The minimum Gasteiger partial charge on any atom is -0.497 e. The molecule has 2 atom stereocenters. The highest BCUT2D eigenvalue weighted by Gasteiger charge is 2.34. The molecule has 1 aliphatic rings. The second-order valence-electron chi connectivity index (χ2n) is 6.12. The van der Waals surface area contributed by atoms with Gasteiger partial charge in [0.25, 0.3) is 0 Å². The fourth-order valence-corrected chi connectivity index (χ4v) is 2.90. The van der Waals surface area contributed by atoms with Gasteiger partial charge in [0.05, 0.1) is 18.3 Å². The summed E-state index contributed by atoms with van der Waals surface area (Å²) >= 11 is 5.73. The highest BCUT2D eigenvalue weighted by atomic mass is 35.5. The monoisotopic (exact) mass is 360 g/mol. The van der Waals surface area contributed by atoms with Crippen LogP contribution in [-0.2, 0) is 14.3 Å². The van der Waals surface area contributed by atoms with E-state index in [0.29, 0.717) is 37.7 Å². The van der Waals surface area contributed by atoms with Crippen LogP contribution < -0.4 is 0 Å². The van der Waals surface area contributed by atoms with Gasteiger partial charge in [-0.15, -0.1) is 11.6 Å². The van der Waals surface area contributed by atoms with Crippen LogP contribution in [0.15, 0.2) is 23.5 Å². The van der Waals surface area contributed by atoms with E-state index in [0.717, 1.165) is 24.8 Å². The molecule has 1 rings (SSSR count). The average Bonchev–Trinajstić information content (AvgIpc) is 2.52. The minimum atomic E-state index is -0.836. The van der Waals surface area contributed by atoms with Crippen molar-refractivity contribution >= 4 is 17.6 Å². The Labute approximate surface area is 149 Å². The van der Waals surface area contributed by atoms with E-state index in [2.05, 4.69) is 6.92 Å². The summed E-state index contributed by atoms with van der Waals surface area (Å²) in [5.41, 5.74) is 0.291. The molecule has 5 nitrogen and oxygen atoms in total. The van der Waals surface area contributed by atoms with E-state index in [1.165, 1.54) is 0 Å². The molecule has 0 radical (unpaired) electrons. The van der Waals surface area contributed by atoms with Crippen LogP contribution in [0.2, 0.25) is 0 Å². The number of aliphatic carboxylic acids is 1. The first-order valence-corrected chi connectivity index (χ1v) is 9.12. The van der Waals surface area contributed by atoms with Crippen molar-refractivity contribution in [2.45, 2.75) is 64.1 Å². The third-order valence-corrected chi connectivity index (χ3v) is 4.22. The molecule has 0 saturated heterocycles. The van der Waals surface area contributed by atoms with Crippen molar-refractivity contribution < 1.29 is 24.5 Å². The van der Waals surface area contributed by atoms with Crippen LogP contribution in [0.3, 0.4) is 0 Å². The lowest BCUT2D eigenvalue weighted by atomic mass is 9.85. The number of hydrogen-bond acceptors (Lipinski definition) is 4. The first kappa shape index (κ1) is 21.0. The molecule has 138 valence electrons. The molecule has 0 aromatic carbocycles. The van der Waals surface area contributed by atoms with E-state index in [1.54, 1.807) is 6.92 Å². The highest BCUT2D eigenvalue weighted by Crippen LogP contribution is 2.36. The van der Waals surface area contributed by atoms with Gasteiger partial charge in [0.2, 0.25) is 0 Å². The number of aliphatic hydroxyl groups is 1. The molecule has 1 aliphatic carbocycles. The predicted octanol–water partition coefficient (Wildman–Crippen LogP) is 3.65. The fourth-order valence-electron chi connectivity index (χ4n) is 2.79. The first-order valence-electron chi connectivity index (χ1n) is 8.59. The summed E-state index contributed by atoms with van der Waals surface area (Å²) in [6.07, 6.45) is 6.88. The zero-order valence-electron chi connectivity index (χ0n) is 14.6. The third kappa shape index (κ3) is 6.83. The zero-order valence-corrected chi connectivity index (χ0v) is 15.3. The Balaban J connectivity index is 2.80. The van der Waals surface area contributed by atoms with E-state index < -0.39 is 17.7 Å². The summed E-state index contributed by atoms with van der Waals surface area (Å²) in [7, 11) is 0. The second-order valence-corrected chi connectivity index (χ2v) is 6.49. The Morgan fingerprint density at radius 2 is 2.17 bits per heavy atom. The number of halogens is 1. The lowest BCUT2D eigenvalue weighted by molar-refractivity contribution is -0.137. The average molecular weight is 361 g/mol. The Morgan fingerprint density at radius 1 is 1.42 bits per heavy atom. The van der Waals surface area contributed by atoms with Crippen LogP contribution in [0.5, 0.6) is 0 Å². The number of alkyl halides is 1. The molecule has 2 unspecified atom stereocenters. The van der Waals surface area contributed by atoms with Gasteiger partial charge in [-0.1, -0.05) is 25.5 Å². The molecule has 0 amide bonds. The summed E-state index contributed by atoms with van der Waals surface area (Å²) < 4.78 is 11.9. The molecule has 0 heterocycles. The normalized spacial score (nSPS) is 21.8. The van der Waals surface area contributed by atoms with Crippen LogP contribution in [0.1, 0.15) is 52.4 Å². The van der Waals surface area contributed by atoms with Crippen molar-refractivity contribution in [1.29, 1.82) is 0 Å². The van der Waals surface area contributed by atoms with Gasteiger partial charge >= 0.3 is 5.97 Å². The van der Waals surface area contributed by atoms with Gasteiger partial charge in [-0.2, -0.15) is 0 Å². The molecule has 24 heavy (non-hydrogen) atoms. The van der Waals surface area contributed by atoms with Gasteiger partial charge in [-0.3, -0.25) is 4.79 Å². The summed E-state index contributed by atoms with van der Waals surface area (Å²) in [4.78, 5) is 10.6. The molecule has 6 heteroatoms. The molecule has 0 aromatic heterocycles. The standard InChI is InChI=1S/C18H29ClO5/c1-3-8-18(24-12-5-10-19)9-7-15(14(2)20)16(13-18)23-11-4-6-17(21)22/h7,9,14,20H,3-6,8,10-13H2,1-2H3,(H,21,22). The first-order chi connectivity index (χ1) is 11.4. The lowest BCUT2D eigenvalue weighted by Crippen LogP contribution is -2.35. The number of carboxylic acid groups (broad SMARTS) is 1. The molecule has 0 saturated carbocycles. The topological polar surface area (TPSA) is 76.0 Å². The summed E-state index contributed by atoms with van der Waals surface area (Å²) in [6.45, 7) is 4.68. The van der Waals surface area contributed by atoms with Crippen molar-refractivity contribution in [3.05, 3.63) is 23.5 Å². The Hall–Kier alpha value is -1.04. The van der Waals surface area contributed by atoms with Gasteiger partial charge in [-0.05, 0) is 26.2 Å². The number of ether oxygens (including phenoxy) is 2. The SMILES string of the molecule is CCCC1(OCCCCl)C=CC(C(C)O)=C(OCCCC(=O)O)C1. The van der Waals surface area contributed by atoms with E-state index >= 15 is 0 Å². The molecule has 0 aliphatic heterocycles. The van der Waals surface area contributed by atoms with E-state index in [1.807, 2.05) is 12.2 Å². The predicted molar refractivity (Wildman–Crippen MR) is 94.2 cm³/mol. The van der Waals surface area contributed by atoms with Crippen molar-refractivity contribution in [2.24, 2.45) is 0 Å².